The third-order valence-corrected chi connectivity index (χ3v) is 4.70. The summed E-state index contributed by atoms with van der Waals surface area (Å²) in [5.41, 5.74) is 1.14. The molecule has 1 aromatic carbocycles. The van der Waals surface area contributed by atoms with Gasteiger partial charge in [0.25, 0.3) is 0 Å². The van der Waals surface area contributed by atoms with Gasteiger partial charge in [0, 0.05) is 19.1 Å². The number of hydrogen-bond donors (Lipinski definition) is 2. The number of nitrogens with zero attached hydrogens (tertiary/aromatic N) is 1. The molecular weight excluding hydrogens is 361 g/mol. The van der Waals surface area contributed by atoms with Gasteiger partial charge in [-0.3, -0.25) is 4.79 Å². The van der Waals surface area contributed by atoms with E-state index >= 15 is 0 Å². The molecule has 2 fully saturated rings. The van der Waals surface area contributed by atoms with Crippen molar-refractivity contribution in [3.05, 3.63) is 24.3 Å². The Morgan fingerprint density at radius 1 is 1.16 bits per heavy atom. The first-order chi connectivity index (χ1) is 11.3. The van der Waals surface area contributed by atoms with Crippen LogP contribution in [0.5, 0.6) is 5.75 Å². The highest BCUT2D eigenvalue weighted by atomic mass is 35.5. The molecule has 25 heavy (non-hydrogen) atoms. The number of para-hydroxylation sites is 2. The number of methoxy groups -OCH3 is 1. The lowest BCUT2D eigenvalue weighted by Crippen LogP contribution is -2.47. The van der Waals surface area contributed by atoms with Crippen LogP contribution in [0.3, 0.4) is 0 Å². The second-order valence-corrected chi connectivity index (χ2v) is 6.57. The van der Waals surface area contributed by atoms with Crippen molar-refractivity contribution >= 4 is 36.4 Å². The van der Waals surface area contributed by atoms with E-state index in [4.69, 9.17) is 4.74 Å². The number of amides is 1. The van der Waals surface area contributed by atoms with Crippen molar-refractivity contribution in [2.24, 2.45) is 5.92 Å². The summed E-state index contributed by atoms with van der Waals surface area (Å²) in [5, 5.41) is 6.40. The van der Waals surface area contributed by atoms with Crippen LogP contribution in [0.15, 0.2) is 24.3 Å². The molecule has 1 aliphatic carbocycles. The molecule has 1 heterocycles. The first-order valence-corrected chi connectivity index (χ1v) is 8.64. The molecule has 0 radical (unpaired) electrons. The Morgan fingerprint density at radius 2 is 1.84 bits per heavy atom. The Bertz CT molecular complexity index is 533. The van der Waals surface area contributed by atoms with E-state index in [-0.39, 0.29) is 36.8 Å². The molecule has 142 valence electrons. The Balaban J connectivity index is 0.00000156. The van der Waals surface area contributed by atoms with Crippen molar-refractivity contribution in [2.45, 2.75) is 31.7 Å². The van der Waals surface area contributed by atoms with Gasteiger partial charge in [-0.15, -0.1) is 24.8 Å². The van der Waals surface area contributed by atoms with E-state index in [2.05, 4.69) is 21.6 Å². The van der Waals surface area contributed by atoms with Gasteiger partial charge in [0.1, 0.15) is 5.75 Å². The van der Waals surface area contributed by atoms with Gasteiger partial charge in [0.05, 0.1) is 19.3 Å². The summed E-state index contributed by atoms with van der Waals surface area (Å²) >= 11 is 0. The maximum atomic E-state index is 12.0. The Morgan fingerprint density at radius 3 is 2.48 bits per heavy atom. The number of ether oxygens (including phenoxy) is 1. The topological polar surface area (TPSA) is 53.6 Å². The average Bonchev–Trinajstić information content (AvgIpc) is 3.40. The third kappa shape index (κ3) is 6.57. The second-order valence-electron chi connectivity index (χ2n) is 6.57. The highest BCUT2D eigenvalue weighted by Gasteiger charge is 2.23. The maximum Gasteiger partial charge on any atom is 0.234 e. The number of rotatable bonds is 7. The average molecular weight is 390 g/mol. The quantitative estimate of drug-likeness (QED) is 0.752. The van der Waals surface area contributed by atoms with Gasteiger partial charge in [0.2, 0.25) is 5.91 Å². The van der Waals surface area contributed by atoms with Crippen LogP contribution in [-0.4, -0.2) is 45.2 Å². The standard InChI is InChI=1S/C18H27N3O2.2ClH/c1-23-17-5-3-2-4-16(17)21-10-8-15(9-11-21)20-18(22)13-19-12-14-6-7-14;;/h2-5,14-15,19H,6-13H2,1H3,(H,20,22);2*1H. The SMILES string of the molecule is COc1ccccc1N1CCC(NC(=O)CNCC2CC2)CC1.Cl.Cl. The van der Waals surface area contributed by atoms with Gasteiger partial charge in [-0.2, -0.15) is 0 Å². The molecule has 0 bridgehead atoms. The number of anilines is 1. The summed E-state index contributed by atoms with van der Waals surface area (Å²) in [6.45, 7) is 3.32. The minimum absolute atomic E-state index is 0. The Labute approximate surface area is 162 Å². The van der Waals surface area contributed by atoms with Gasteiger partial charge < -0.3 is 20.3 Å². The number of carbonyl (C=O) groups is 1. The van der Waals surface area contributed by atoms with Crippen molar-refractivity contribution in [3.8, 4) is 5.75 Å². The van der Waals surface area contributed by atoms with Crippen LogP contribution in [0.1, 0.15) is 25.7 Å². The molecule has 1 amide bonds. The van der Waals surface area contributed by atoms with Crippen LogP contribution < -0.4 is 20.3 Å². The molecule has 3 rings (SSSR count). The van der Waals surface area contributed by atoms with E-state index in [1.807, 2.05) is 18.2 Å². The molecule has 1 saturated carbocycles. The smallest absolute Gasteiger partial charge is 0.234 e. The van der Waals surface area contributed by atoms with E-state index in [1.54, 1.807) is 7.11 Å². The van der Waals surface area contributed by atoms with Gasteiger partial charge in [-0.05, 0) is 50.3 Å². The maximum absolute atomic E-state index is 12.0. The predicted octanol–water partition coefficient (Wildman–Crippen LogP) is 2.62. The number of carbonyl (C=O) groups excluding carboxylic acids is 1. The summed E-state index contributed by atoms with van der Waals surface area (Å²) in [4.78, 5) is 14.3. The van der Waals surface area contributed by atoms with Crippen LogP contribution in [0.25, 0.3) is 0 Å². The van der Waals surface area contributed by atoms with Gasteiger partial charge in [-0.1, -0.05) is 12.1 Å². The molecule has 0 atom stereocenters. The molecular formula is C18H29Cl2N3O2. The lowest BCUT2D eigenvalue weighted by molar-refractivity contribution is -0.121. The van der Waals surface area contributed by atoms with Crippen molar-refractivity contribution in [3.63, 3.8) is 0 Å². The summed E-state index contributed by atoms with van der Waals surface area (Å²) < 4.78 is 5.44. The zero-order valence-electron chi connectivity index (χ0n) is 14.7. The van der Waals surface area contributed by atoms with E-state index in [0.717, 1.165) is 49.8 Å². The van der Waals surface area contributed by atoms with Crippen LogP contribution in [0.2, 0.25) is 0 Å². The van der Waals surface area contributed by atoms with Crippen molar-refractivity contribution in [2.75, 3.05) is 38.2 Å². The highest BCUT2D eigenvalue weighted by molar-refractivity contribution is 5.85. The number of nitrogens with one attached hydrogen (secondary N) is 2. The Kier molecular flexibility index (Phi) is 9.39. The molecule has 0 aromatic heterocycles. The minimum atomic E-state index is 0. The molecule has 7 heteroatoms. The van der Waals surface area contributed by atoms with E-state index in [9.17, 15) is 4.79 Å². The molecule has 0 spiro atoms. The van der Waals surface area contributed by atoms with Crippen molar-refractivity contribution in [1.29, 1.82) is 0 Å². The Hall–Kier alpha value is -1.17. The van der Waals surface area contributed by atoms with Gasteiger partial charge >= 0.3 is 0 Å². The molecule has 2 aliphatic rings. The summed E-state index contributed by atoms with van der Waals surface area (Å²) in [7, 11) is 1.71. The lowest BCUT2D eigenvalue weighted by atomic mass is 10.0. The first kappa shape index (κ1) is 21.9. The van der Waals surface area contributed by atoms with Gasteiger partial charge in [0.15, 0.2) is 0 Å². The van der Waals surface area contributed by atoms with Crippen molar-refractivity contribution < 1.29 is 9.53 Å². The number of piperidine rings is 1. The summed E-state index contributed by atoms with van der Waals surface area (Å²) in [6, 6.07) is 8.41. The molecule has 2 N–H and O–H groups in total. The molecule has 0 unspecified atom stereocenters. The van der Waals surface area contributed by atoms with Crippen molar-refractivity contribution in [1.82, 2.24) is 10.6 Å². The highest BCUT2D eigenvalue weighted by Crippen LogP contribution is 2.30. The van der Waals surface area contributed by atoms with Gasteiger partial charge in [-0.25, -0.2) is 0 Å². The largest absolute Gasteiger partial charge is 0.495 e. The third-order valence-electron chi connectivity index (χ3n) is 4.70. The van der Waals surface area contributed by atoms with Crippen LogP contribution >= 0.6 is 24.8 Å². The fourth-order valence-corrected chi connectivity index (χ4v) is 3.15. The predicted molar refractivity (Wildman–Crippen MR) is 106 cm³/mol. The van der Waals surface area contributed by atoms with Crippen LogP contribution in [-0.2, 0) is 4.79 Å². The van der Waals surface area contributed by atoms with E-state index < -0.39 is 0 Å². The van der Waals surface area contributed by atoms with E-state index in [0.29, 0.717) is 6.54 Å². The summed E-state index contributed by atoms with van der Waals surface area (Å²) in [5.74, 6) is 1.85. The fourth-order valence-electron chi connectivity index (χ4n) is 3.15. The normalized spacial score (nSPS) is 17.2. The first-order valence-electron chi connectivity index (χ1n) is 8.64. The lowest BCUT2D eigenvalue weighted by Gasteiger charge is -2.34. The van der Waals surface area contributed by atoms with Crippen LogP contribution in [0.4, 0.5) is 5.69 Å². The molecule has 1 saturated heterocycles. The summed E-state index contributed by atoms with van der Waals surface area (Å²) in [6.07, 6.45) is 4.59. The number of benzene rings is 1. The molecule has 1 aliphatic heterocycles. The molecule has 1 aromatic rings. The zero-order chi connectivity index (χ0) is 16.1. The number of hydrogen-bond acceptors (Lipinski definition) is 4. The van der Waals surface area contributed by atoms with E-state index in [1.165, 1.54) is 12.8 Å². The zero-order valence-corrected chi connectivity index (χ0v) is 16.3. The second kappa shape index (κ2) is 10.7. The number of halogens is 2. The van der Waals surface area contributed by atoms with Crippen LogP contribution in [0, 0.1) is 5.92 Å². The molecule has 5 nitrogen and oxygen atoms in total. The monoisotopic (exact) mass is 389 g/mol. The minimum Gasteiger partial charge on any atom is -0.495 e. The fraction of sp³-hybridized carbons (Fsp3) is 0.611.